The highest BCUT2D eigenvalue weighted by Gasteiger charge is 2.19. The highest BCUT2D eigenvalue weighted by atomic mass is 16.3. The SMILES string of the molecule is c1ccc(-c2ccccc2-c2cc(-c3ccc(-c4ccc5oc6ccccc6c5c4)cc3)nc(-c3c4ccccc4cc4c3ccc3ccccc34)n2)cc1. The standard InChI is InChI=1S/C52H32N2O/c1-2-12-34(13-3-1)39-16-8-9-19-42(39)48-32-47(36-24-22-33(23-25-36)37-27-29-50-46(30-37)43-20-10-11-21-49(43)55-50)53-52(54-48)51-41-18-7-5-15-38(41)31-45-40-17-6-4-14-35(40)26-28-44(45)51/h1-32H. The Labute approximate surface area is 317 Å². The molecule has 9 aromatic carbocycles. The summed E-state index contributed by atoms with van der Waals surface area (Å²) in [6.07, 6.45) is 0. The number of hydrogen-bond donors (Lipinski definition) is 0. The molecule has 0 saturated heterocycles. The number of furan rings is 1. The van der Waals surface area contributed by atoms with E-state index in [-0.39, 0.29) is 0 Å². The number of rotatable bonds is 5. The number of aromatic nitrogens is 2. The molecule has 256 valence electrons. The second-order valence-electron chi connectivity index (χ2n) is 14.1. The summed E-state index contributed by atoms with van der Waals surface area (Å²) in [5, 5.41) is 9.29. The maximum Gasteiger partial charge on any atom is 0.161 e. The molecule has 0 spiro atoms. The summed E-state index contributed by atoms with van der Waals surface area (Å²) in [4.78, 5) is 10.9. The number of nitrogens with zero attached hydrogens (tertiary/aromatic N) is 2. The van der Waals surface area contributed by atoms with Crippen molar-refractivity contribution in [2.75, 3.05) is 0 Å². The van der Waals surface area contributed by atoms with Crippen molar-refractivity contribution in [1.29, 1.82) is 0 Å². The lowest BCUT2D eigenvalue weighted by atomic mass is 9.92. The first kappa shape index (κ1) is 31.2. The van der Waals surface area contributed by atoms with Gasteiger partial charge in [0.05, 0.1) is 11.4 Å². The molecule has 0 atom stereocenters. The number of benzene rings is 9. The Morgan fingerprint density at radius 2 is 0.945 bits per heavy atom. The van der Waals surface area contributed by atoms with Crippen LogP contribution in [0.1, 0.15) is 0 Å². The van der Waals surface area contributed by atoms with Gasteiger partial charge in [0.1, 0.15) is 11.2 Å². The van der Waals surface area contributed by atoms with Crippen LogP contribution in [0.25, 0.3) is 110 Å². The molecule has 55 heavy (non-hydrogen) atoms. The van der Waals surface area contributed by atoms with Gasteiger partial charge in [-0.15, -0.1) is 0 Å². The predicted octanol–water partition coefficient (Wildman–Crippen LogP) is 14.2. The van der Waals surface area contributed by atoms with Crippen LogP contribution in [0.4, 0.5) is 0 Å². The fourth-order valence-corrected chi connectivity index (χ4v) is 8.22. The summed E-state index contributed by atoms with van der Waals surface area (Å²) in [5.74, 6) is 0.703. The fraction of sp³-hybridized carbons (Fsp3) is 0. The van der Waals surface area contributed by atoms with Crippen LogP contribution in [0.5, 0.6) is 0 Å². The highest BCUT2D eigenvalue weighted by Crippen LogP contribution is 2.41. The van der Waals surface area contributed by atoms with Crippen molar-refractivity contribution in [3.8, 4) is 56.2 Å². The van der Waals surface area contributed by atoms with Crippen LogP contribution in [-0.4, -0.2) is 9.97 Å². The van der Waals surface area contributed by atoms with E-state index in [1.807, 2.05) is 12.1 Å². The van der Waals surface area contributed by atoms with E-state index in [1.165, 1.54) is 16.2 Å². The van der Waals surface area contributed by atoms with Crippen LogP contribution in [-0.2, 0) is 0 Å². The highest BCUT2D eigenvalue weighted by molar-refractivity contribution is 6.19. The molecule has 11 aromatic rings. The second kappa shape index (κ2) is 12.6. The molecule has 0 N–H and O–H groups in total. The van der Waals surface area contributed by atoms with Gasteiger partial charge in [-0.1, -0.05) is 164 Å². The molecule has 0 amide bonds. The molecule has 3 nitrogen and oxygen atoms in total. The van der Waals surface area contributed by atoms with Crippen LogP contribution in [0.15, 0.2) is 199 Å². The van der Waals surface area contributed by atoms with Gasteiger partial charge in [-0.3, -0.25) is 0 Å². The molecule has 0 bridgehead atoms. The molecule has 0 aliphatic carbocycles. The number of fused-ring (bicyclic) bond motifs is 7. The summed E-state index contributed by atoms with van der Waals surface area (Å²) in [7, 11) is 0. The molecule has 0 radical (unpaired) electrons. The van der Waals surface area contributed by atoms with Crippen molar-refractivity contribution < 1.29 is 4.42 Å². The first-order valence-corrected chi connectivity index (χ1v) is 18.6. The third-order valence-electron chi connectivity index (χ3n) is 10.9. The molecule has 0 saturated carbocycles. The maximum atomic E-state index is 6.11. The van der Waals surface area contributed by atoms with E-state index in [0.717, 1.165) is 88.4 Å². The van der Waals surface area contributed by atoms with Gasteiger partial charge in [0.15, 0.2) is 5.82 Å². The zero-order valence-electron chi connectivity index (χ0n) is 29.8. The van der Waals surface area contributed by atoms with E-state index in [2.05, 4.69) is 182 Å². The Hall–Kier alpha value is -7.36. The Balaban J connectivity index is 1.13. The molecular formula is C52H32N2O. The van der Waals surface area contributed by atoms with Gasteiger partial charge >= 0.3 is 0 Å². The lowest BCUT2D eigenvalue weighted by Gasteiger charge is -2.16. The minimum atomic E-state index is 0.703. The Morgan fingerprint density at radius 3 is 1.80 bits per heavy atom. The van der Waals surface area contributed by atoms with Gasteiger partial charge in [-0.25, -0.2) is 9.97 Å². The molecule has 3 heteroatoms. The van der Waals surface area contributed by atoms with Crippen molar-refractivity contribution in [2.24, 2.45) is 0 Å². The summed E-state index contributed by atoms with van der Waals surface area (Å²) in [6.45, 7) is 0. The quantitative estimate of drug-likeness (QED) is 0.133. The fourth-order valence-electron chi connectivity index (χ4n) is 8.22. The van der Waals surface area contributed by atoms with Crippen molar-refractivity contribution in [2.45, 2.75) is 0 Å². The molecular weight excluding hydrogens is 669 g/mol. The number of para-hydroxylation sites is 1. The van der Waals surface area contributed by atoms with Gasteiger partial charge < -0.3 is 4.42 Å². The lowest BCUT2D eigenvalue weighted by Crippen LogP contribution is -1.98. The van der Waals surface area contributed by atoms with E-state index >= 15 is 0 Å². The molecule has 0 aliphatic heterocycles. The summed E-state index contributed by atoms with van der Waals surface area (Å²) in [6, 6.07) is 68.6. The van der Waals surface area contributed by atoms with Crippen LogP contribution in [0.3, 0.4) is 0 Å². The van der Waals surface area contributed by atoms with Crippen molar-refractivity contribution in [3.63, 3.8) is 0 Å². The average molecular weight is 701 g/mol. The average Bonchev–Trinajstić information content (AvgIpc) is 3.64. The van der Waals surface area contributed by atoms with E-state index in [0.29, 0.717) is 5.82 Å². The topological polar surface area (TPSA) is 38.9 Å². The first-order chi connectivity index (χ1) is 27.2. The summed E-state index contributed by atoms with van der Waals surface area (Å²) >= 11 is 0. The third kappa shape index (κ3) is 5.28. The molecule has 2 aromatic heterocycles. The van der Waals surface area contributed by atoms with Crippen molar-refractivity contribution in [1.82, 2.24) is 9.97 Å². The Morgan fingerprint density at radius 1 is 0.309 bits per heavy atom. The minimum absolute atomic E-state index is 0.703. The predicted molar refractivity (Wildman–Crippen MR) is 229 cm³/mol. The Kier molecular flexibility index (Phi) is 7.17. The molecule has 0 unspecified atom stereocenters. The van der Waals surface area contributed by atoms with E-state index in [9.17, 15) is 0 Å². The van der Waals surface area contributed by atoms with Crippen molar-refractivity contribution >= 4 is 54.3 Å². The van der Waals surface area contributed by atoms with Gasteiger partial charge in [-0.05, 0) is 84.9 Å². The first-order valence-electron chi connectivity index (χ1n) is 18.6. The van der Waals surface area contributed by atoms with Crippen LogP contribution in [0, 0.1) is 0 Å². The van der Waals surface area contributed by atoms with E-state index in [4.69, 9.17) is 14.4 Å². The monoisotopic (exact) mass is 700 g/mol. The smallest absolute Gasteiger partial charge is 0.161 e. The van der Waals surface area contributed by atoms with Crippen LogP contribution < -0.4 is 0 Å². The number of hydrogen-bond acceptors (Lipinski definition) is 3. The second-order valence-corrected chi connectivity index (χ2v) is 14.1. The van der Waals surface area contributed by atoms with Gasteiger partial charge in [0.25, 0.3) is 0 Å². The summed E-state index contributed by atoms with van der Waals surface area (Å²) < 4.78 is 6.11. The molecule has 11 rings (SSSR count). The minimum Gasteiger partial charge on any atom is -0.456 e. The van der Waals surface area contributed by atoms with E-state index in [1.54, 1.807) is 0 Å². The molecule has 0 aliphatic rings. The van der Waals surface area contributed by atoms with Crippen molar-refractivity contribution in [3.05, 3.63) is 194 Å². The Bertz CT molecular complexity index is 3250. The van der Waals surface area contributed by atoms with Gasteiger partial charge in [0.2, 0.25) is 0 Å². The lowest BCUT2D eigenvalue weighted by molar-refractivity contribution is 0.669. The van der Waals surface area contributed by atoms with Gasteiger partial charge in [-0.2, -0.15) is 0 Å². The summed E-state index contributed by atoms with van der Waals surface area (Å²) in [5.41, 5.74) is 11.2. The normalized spacial score (nSPS) is 11.6. The largest absolute Gasteiger partial charge is 0.456 e. The molecule has 2 heterocycles. The zero-order chi connectivity index (χ0) is 36.3. The zero-order valence-corrected chi connectivity index (χ0v) is 29.8. The van der Waals surface area contributed by atoms with E-state index < -0.39 is 0 Å². The van der Waals surface area contributed by atoms with Gasteiger partial charge in [0, 0.05) is 27.5 Å². The maximum absolute atomic E-state index is 6.11. The van der Waals surface area contributed by atoms with Crippen LogP contribution in [0.2, 0.25) is 0 Å². The third-order valence-corrected chi connectivity index (χ3v) is 10.9. The van der Waals surface area contributed by atoms with Crippen LogP contribution >= 0.6 is 0 Å². The molecule has 0 fully saturated rings.